The van der Waals surface area contributed by atoms with Crippen LogP contribution in [0.3, 0.4) is 0 Å². The van der Waals surface area contributed by atoms with Crippen LogP contribution in [-0.2, 0) is 0 Å². The average molecular weight is 595 g/mol. The van der Waals surface area contributed by atoms with Crippen LogP contribution in [0, 0.1) is 11.6 Å². The van der Waals surface area contributed by atoms with E-state index in [2.05, 4.69) is 69.8 Å². The molecule has 4 aromatic heterocycles. The second-order valence-electron chi connectivity index (χ2n) is 12.2. The lowest BCUT2D eigenvalue weighted by Crippen LogP contribution is -1.97. The largest absolute Gasteiger partial charge is 0.308 e. The number of rotatable bonds is 3. The van der Waals surface area contributed by atoms with E-state index in [1.54, 1.807) is 0 Å². The first-order valence-electron chi connectivity index (χ1n) is 15.2. The van der Waals surface area contributed by atoms with Gasteiger partial charge >= 0.3 is 0 Å². The van der Waals surface area contributed by atoms with Crippen molar-refractivity contribution >= 4 is 76.1 Å². The maximum absolute atomic E-state index is 13.9. The van der Waals surface area contributed by atoms with E-state index < -0.39 is 11.6 Å². The number of pyridine rings is 2. The normalized spacial score (nSPS) is 12.6. The van der Waals surface area contributed by atoms with E-state index in [1.807, 2.05) is 42.7 Å². The molecule has 0 saturated carbocycles. The molecule has 0 unspecified atom stereocenters. The molecular weight excluding hydrogens is 574 g/mol. The zero-order valence-corrected chi connectivity index (χ0v) is 24.1. The van der Waals surface area contributed by atoms with Crippen molar-refractivity contribution in [3.63, 3.8) is 0 Å². The van der Waals surface area contributed by atoms with E-state index in [1.165, 1.54) is 55.2 Å². The van der Waals surface area contributed by atoms with Gasteiger partial charge in [0.25, 0.3) is 0 Å². The topological polar surface area (TPSA) is 35.6 Å². The molecule has 0 saturated heterocycles. The first kappa shape index (κ1) is 24.2. The van der Waals surface area contributed by atoms with Gasteiger partial charge in [0.2, 0.25) is 0 Å². The Balaban J connectivity index is 1.21. The maximum atomic E-state index is 13.9. The molecule has 11 aromatic rings. The minimum atomic E-state index is -0.600. The molecular formula is C40H20F2N4. The van der Waals surface area contributed by atoms with Gasteiger partial charge in [-0.1, -0.05) is 42.5 Å². The second kappa shape index (κ2) is 8.31. The minimum absolute atomic E-state index is 0.484. The first-order valence-corrected chi connectivity index (χ1v) is 15.2. The molecule has 46 heavy (non-hydrogen) atoms. The van der Waals surface area contributed by atoms with Crippen LogP contribution in [0.15, 0.2) is 122 Å². The van der Waals surface area contributed by atoms with Crippen LogP contribution in [-0.4, -0.2) is 19.1 Å². The third-order valence-corrected chi connectivity index (χ3v) is 9.75. The van der Waals surface area contributed by atoms with E-state index in [0.717, 1.165) is 50.5 Å². The summed E-state index contributed by atoms with van der Waals surface area (Å²) in [6, 6.07) is 35.3. The van der Waals surface area contributed by atoms with Gasteiger partial charge in [0.15, 0.2) is 0 Å². The number of hydrogen-bond donors (Lipinski definition) is 0. The molecule has 0 atom stereocenters. The van der Waals surface area contributed by atoms with Gasteiger partial charge in [0.05, 0.1) is 39.5 Å². The van der Waals surface area contributed by atoms with Gasteiger partial charge < -0.3 is 4.57 Å². The SMILES string of the molecule is Fc1cc(F)cc(-c2ccc3cc(-n4c5ccc6ccc7c8c6c5c5c6c(ccc54)ccc(c68)n7-c4ccccn4)cnc3c2)c1. The highest BCUT2D eigenvalue weighted by molar-refractivity contribution is 6.45. The van der Waals surface area contributed by atoms with Gasteiger partial charge in [-0.2, -0.15) is 0 Å². The Bertz CT molecular complexity index is 2860. The van der Waals surface area contributed by atoms with E-state index >= 15 is 0 Å². The van der Waals surface area contributed by atoms with Gasteiger partial charge in [-0.25, -0.2) is 13.8 Å². The molecule has 0 fully saturated rings. The summed E-state index contributed by atoms with van der Waals surface area (Å²) in [5.74, 6) is -0.293. The number of halogens is 2. The summed E-state index contributed by atoms with van der Waals surface area (Å²) in [6.45, 7) is 0. The molecule has 214 valence electrons. The lowest BCUT2D eigenvalue weighted by molar-refractivity contribution is 0.584. The second-order valence-corrected chi connectivity index (χ2v) is 12.2. The Labute approximate surface area is 259 Å². The number of nitrogens with zero attached hydrogens (tertiary/aromatic N) is 4. The van der Waals surface area contributed by atoms with Crippen molar-refractivity contribution in [1.82, 2.24) is 19.1 Å². The minimum Gasteiger partial charge on any atom is -0.308 e. The van der Waals surface area contributed by atoms with Crippen LogP contribution >= 0.6 is 0 Å². The van der Waals surface area contributed by atoms with Crippen molar-refractivity contribution in [1.29, 1.82) is 0 Å². The van der Waals surface area contributed by atoms with Gasteiger partial charge in [0.1, 0.15) is 17.5 Å². The molecule has 11 rings (SSSR count). The lowest BCUT2D eigenvalue weighted by Gasteiger charge is -2.11. The molecule has 4 nitrogen and oxygen atoms in total. The van der Waals surface area contributed by atoms with E-state index in [9.17, 15) is 8.78 Å². The fraction of sp³-hybridized carbons (Fsp3) is 0. The van der Waals surface area contributed by atoms with Crippen molar-refractivity contribution in [2.75, 3.05) is 0 Å². The van der Waals surface area contributed by atoms with Crippen molar-refractivity contribution < 1.29 is 8.78 Å². The van der Waals surface area contributed by atoms with Crippen molar-refractivity contribution in [3.05, 3.63) is 133 Å². The Morgan fingerprint density at radius 3 is 1.63 bits per heavy atom. The fourth-order valence-corrected chi connectivity index (χ4v) is 7.95. The average Bonchev–Trinajstić information content (AvgIpc) is 3.61. The van der Waals surface area contributed by atoms with Gasteiger partial charge in [-0.3, -0.25) is 9.55 Å². The first-order chi connectivity index (χ1) is 22.6. The van der Waals surface area contributed by atoms with Crippen LogP contribution in [0.25, 0.3) is 98.7 Å². The van der Waals surface area contributed by atoms with Crippen LogP contribution in [0.4, 0.5) is 8.78 Å². The van der Waals surface area contributed by atoms with Crippen LogP contribution in [0.2, 0.25) is 0 Å². The fourth-order valence-electron chi connectivity index (χ4n) is 7.95. The molecule has 4 heterocycles. The van der Waals surface area contributed by atoms with Crippen molar-refractivity contribution in [3.8, 4) is 22.6 Å². The Kier molecular flexibility index (Phi) is 4.38. The predicted molar refractivity (Wildman–Crippen MR) is 182 cm³/mol. The number of hydrogen-bond acceptors (Lipinski definition) is 2. The molecule has 0 bridgehead atoms. The summed E-state index contributed by atoms with van der Waals surface area (Å²) in [5.41, 5.74) is 7.48. The van der Waals surface area contributed by atoms with E-state index in [4.69, 9.17) is 9.97 Å². The summed E-state index contributed by atoms with van der Waals surface area (Å²) < 4.78 is 32.5. The van der Waals surface area contributed by atoms with Crippen molar-refractivity contribution in [2.24, 2.45) is 0 Å². The molecule has 6 heteroatoms. The smallest absolute Gasteiger partial charge is 0.137 e. The van der Waals surface area contributed by atoms with Crippen LogP contribution in [0.5, 0.6) is 0 Å². The predicted octanol–water partition coefficient (Wildman–Crippen LogP) is 10.4. The van der Waals surface area contributed by atoms with Crippen LogP contribution < -0.4 is 0 Å². The zero-order valence-electron chi connectivity index (χ0n) is 24.1. The number of fused-ring (bicyclic) bond motifs is 1. The third-order valence-electron chi connectivity index (χ3n) is 9.75. The molecule has 0 spiro atoms. The Morgan fingerprint density at radius 1 is 0.457 bits per heavy atom. The quantitative estimate of drug-likeness (QED) is 0.151. The van der Waals surface area contributed by atoms with Crippen LogP contribution in [0.1, 0.15) is 0 Å². The standard InChI is InChI=1S/C40H20F2N4/c41-26-15-25(16-27(42)19-26)23-4-5-24-17-28(20-44-29(24)18-23)45-30-10-6-21-8-12-32-39-35(21)37(30)38-31(45)11-7-22-9-13-33(40(39)36(22)38)46(32)34-3-1-2-14-43-34/h1-20H. The molecule has 7 aromatic carbocycles. The molecule has 0 aliphatic carbocycles. The van der Waals surface area contributed by atoms with E-state index in [0.29, 0.717) is 11.1 Å². The zero-order chi connectivity index (χ0) is 30.3. The highest BCUT2D eigenvalue weighted by Crippen LogP contribution is 2.51. The summed E-state index contributed by atoms with van der Waals surface area (Å²) >= 11 is 0. The third kappa shape index (κ3) is 2.96. The van der Waals surface area contributed by atoms with Gasteiger partial charge in [0, 0.05) is 50.0 Å². The molecule has 0 amide bonds. The van der Waals surface area contributed by atoms with E-state index in [-0.39, 0.29) is 0 Å². The molecule has 0 radical (unpaired) electrons. The maximum Gasteiger partial charge on any atom is 0.137 e. The Hall–Kier alpha value is -6.14. The van der Waals surface area contributed by atoms with Gasteiger partial charge in [-0.05, 0) is 82.6 Å². The molecule has 0 N–H and O–H groups in total. The summed E-state index contributed by atoms with van der Waals surface area (Å²) in [7, 11) is 0. The van der Waals surface area contributed by atoms with Gasteiger partial charge in [-0.15, -0.1) is 0 Å². The summed E-state index contributed by atoms with van der Waals surface area (Å²) in [5, 5.41) is 11.0. The highest BCUT2D eigenvalue weighted by atomic mass is 19.1. The van der Waals surface area contributed by atoms with Crippen molar-refractivity contribution in [2.45, 2.75) is 0 Å². The Morgan fingerprint density at radius 2 is 1.04 bits per heavy atom. The lowest BCUT2D eigenvalue weighted by atomic mass is 9.90. The monoisotopic (exact) mass is 594 g/mol. The molecule has 0 aliphatic heterocycles. The summed E-state index contributed by atoms with van der Waals surface area (Å²) in [4.78, 5) is 9.61. The molecule has 0 aliphatic rings. The summed E-state index contributed by atoms with van der Waals surface area (Å²) in [6.07, 6.45) is 3.75. The highest BCUT2D eigenvalue weighted by Gasteiger charge is 2.27. The number of aromatic nitrogens is 4. The number of benzene rings is 7.